The van der Waals surface area contributed by atoms with Gasteiger partial charge in [-0.3, -0.25) is 9.89 Å². The van der Waals surface area contributed by atoms with E-state index in [1.807, 2.05) is 24.3 Å². The van der Waals surface area contributed by atoms with Crippen molar-refractivity contribution in [2.45, 2.75) is 32.7 Å². The van der Waals surface area contributed by atoms with Crippen LogP contribution in [0.4, 0.5) is 0 Å². The highest BCUT2D eigenvalue weighted by Gasteiger charge is 2.42. The lowest BCUT2D eigenvalue weighted by atomic mass is 9.95. The number of phenolic OH excluding ortho intramolecular Hbond substituents is 1. The van der Waals surface area contributed by atoms with Crippen molar-refractivity contribution in [3.8, 4) is 28.5 Å². The molecule has 1 aliphatic heterocycles. The van der Waals surface area contributed by atoms with Gasteiger partial charge in [-0.2, -0.15) is 5.10 Å². The molecule has 2 aromatic carbocycles. The van der Waals surface area contributed by atoms with Crippen molar-refractivity contribution in [1.82, 2.24) is 15.1 Å². The van der Waals surface area contributed by atoms with Crippen LogP contribution in [0.15, 0.2) is 42.5 Å². The van der Waals surface area contributed by atoms with E-state index in [9.17, 15) is 15.0 Å². The minimum atomic E-state index is -0.457. The number of carbonyl (C=O) groups excluding carboxylic acids is 1. The van der Waals surface area contributed by atoms with E-state index in [0.717, 1.165) is 12.0 Å². The van der Waals surface area contributed by atoms with Gasteiger partial charge < -0.3 is 24.6 Å². The average molecular weight is 466 g/mol. The number of hydrogen-bond donors (Lipinski definition) is 3. The maximum Gasteiger partial charge on any atom is 0.273 e. The van der Waals surface area contributed by atoms with Crippen molar-refractivity contribution in [3.63, 3.8) is 0 Å². The fraction of sp³-hybridized carbons (Fsp3) is 0.385. The van der Waals surface area contributed by atoms with E-state index in [2.05, 4.69) is 24.0 Å². The first-order valence-electron chi connectivity index (χ1n) is 11.6. The number of H-pyrrole nitrogens is 1. The monoisotopic (exact) mass is 465 g/mol. The Morgan fingerprint density at radius 1 is 1.18 bits per heavy atom. The normalized spacial score (nSPS) is 15.1. The molecule has 0 saturated heterocycles. The largest absolute Gasteiger partial charge is 0.507 e. The van der Waals surface area contributed by atoms with Gasteiger partial charge >= 0.3 is 0 Å². The Morgan fingerprint density at radius 3 is 2.68 bits per heavy atom. The number of methoxy groups -OCH3 is 1. The number of aliphatic hydroxyl groups excluding tert-OH is 1. The number of aromatic amines is 1. The van der Waals surface area contributed by atoms with Gasteiger partial charge in [-0.15, -0.1) is 0 Å². The molecule has 0 saturated carbocycles. The number of aliphatic hydroxyl groups is 1. The van der Waals surface area contributed by atoms with Crippen LogP contribution in [0.2, 0.25) is 0 Å². The Balaban J connectivity index is 1.77. The second-order valence-corrected chi connectivity index (χ2v) is 8.80. The number of benzene rings is 2. The summed E-state index contributed by atoms with van der Waals surface area (Å²) in [4.78, 5) is 15.0. The number of carbonyl (C=O) groups is 1. The molecule has 0 radical (unpaired) electrons. The van der Waals surface area contributed by atoms with Crippen LogP contribution in [0.25, 0.3) is 11.3 Å². The van der Waals surface area contributed by atoms with Crippen LogP contribution >= 0.6 is 0 Å². The highest BCUT2D eigenvalue weighted by molar-refractivity contribution is 6.00. The zero-order chi connectivity index (χ0) is 24.2. The van der Waals surface area contributed by atoms with Gasteiger partial charge in [-0.1, -0.05) is 32.0 Å². The fourth-order valence-corrected chi connectivity index (χ4v) is 4.27. The second kappa shape index (κ2) is 10.2. The van der Waals surface area contributed by atoms with Crippen LogP contribution in [0, 0.1) is 5.92 Å². The standard InChI is InChI=1S/C26H31N3O5/c1-16(2)11-14-34-20-10-9-17(15-21(20)33-3)25-22-23(18-7-4-5-8-19(18)31)27-28-24(22)26(32)29(25)12-6-13-30/h4-5,7-10,15-16,25,30-31H,6,11-14H2,1-3H3,(H,27,28). The van der Waals surface area contributed by atoms with Gasteiger partial charge in [0.05, 0.1) is 19.8 Å². The third kappa shape index (κ3) is 4.46. The number of rotatable bonds is 10. The molecule has 1 atom stereocenters. The fourth-order valence-electron chi connectivity index (χ4n) is 4.27. The van der Waals surface area contributed by atoms with Crippen LogP contribution in [0.3, 0.4) is 0 Å². The Labute approximate surface area is 199 Å². The quantitative estimate of drug-likeness (QED) is 0.415. The van der Waals surface area contributed by atoms with Crippen molar-refractivity contribution in [3.05, 3.63) is 59.3 Å². The molecule has 34 heavy (non-hydrogen) atoms. The number of ether oxygens (including phenoxy) is 2. The molecule has 1 unspecified atom stereocenters. The van der Waals surface area contributed by atoms with Crippen molar-refractivity contribution in [2.75, 3.05) is 26.9 Å². The Kier molecular flexibility index (Phi) is 7.07. The summed E-state index contributed by atoms with van der Waals surface area (Å²) < 4.78 is 11.6. The summed E-state index contributed by atoms with van der Waals surface area (Å²) >= 11 is 0. The number of aromatic nitrogens is 2. The van der Waals surface area contributed by atoms with E-state index in [0.29, 0.717) is 59.5 Å². The first-order chi connectivity index (χ1) is 16.5. The molecule has 3 N–H and O–H groups in total. The Morgan fingerprint density at radius 2 is 1.97 bits per heavy atom. The maximum absolute atomic E-state index is 13.3. The molecule has 1 amide bonds. The summed E-state index contributed by atoms with van der Waals surface area (Å²) in [6.07, 6.45) is 1.37. The third-order valence-corrected chi connectivity index (χ3v) is 6.04. The number of nitrogens with zero attached hydrogens (tertiary/aromatic N) is 2. The van der Waals surface area contributed by atoms with E-state index >= 15 is 0 Å². The van der Waals surface area contributed by atoms with Gasteiger partial charge in [0, 0.05) is 24.3 Å². The van der Waals surface area contributed by atoms with E-state index in [1.165, 1.54) is 0 Å². The summed E-state index contributed by atoms with van der Waals surface area (Å²) in [5, 5.41) is 27.1. The Bertz CT molecular complexity index is 1160. The molecule has 180 valence electrons. The first kappa shape index (κ1) is 23.6. The minimum Gasteiger partial charge on any atom is -0.507 e. The number of amides is 1. The van der Waals surface area contributed by atoms with Crippen LogP contribution in [-0.4, -0.2) is 58.1 Å². The molecule has 3 aromatic rings. The SMILES string of the molecule is COc1cc(C2c3c(-c4ccccc4O)n[nH]c3C(=O)N2CCCO)ccc1OCCC(C)C. The van der Waals surface area contributed by atoms with Crippen molar-refractivity contribution in [1.29, 1.82) is 0 Å². The van der Waals surface area contributed by atoms with Crippen LogP contribution < -0.4 is 9.47 Å². The van der Waals surface area contributed by atoms with E-state index in [-0.39, 0.29) is 18.3 Å². The molecule has 0 spiro atoms. The summed E-state index contributed by atoms with van der Waals surface area (Å²) in [7, 11) is 1.59. The number of phenols is 1. The zero-order valence-electron chi connectivity index (χ0n) is 19.7. The van der Waals surface area contributed by atoms with Crippen molar-refractivity contribution >= 4 is 5.91 Å². The molecule has 1 aromatic heterocycles. The van der Waals surface area contributed by atoms with E-state index < -0.39 is 6.04 Å². The van der Waals surface area contributed by atoms with Gasteiger partial charge in [0.25, 0.3) is 5.91 Å². The van der Waals surface area contributed by atoms with Gasteiger partial charge in [0.15, 0.2) is 11.5 Å². The van der Waals surface area contributed by atoms with E-state index in [1.54, 1.807) is 30.2 Å². The molecule has 2 heterocycles. The average Bonchev–Trinajstić information content (AvgIpc) is 3.37. The lowest BCUT2D eigenvalue weighted by molar-refractivity contribution is 0.0732. The number of nitrogens with one attached hydrogen (secondary N) is 1. The molecule has 8 heteroatoms. The lowest BCUT2D eigenvalue weighted by Crippen LogP contribution is -2.31. The second-order valence-electron chi connectivity index (χ2n) is 8.80. The minimum absolute atomic E-state index is 0.0268. The highest BCUT2D eigenvalue weighted by atomic mass is 16.5. The summed E-state index contributed by atoms with van der Waals surface area (Å²) in [5.74, 6) is 1.65. The zero-order valence-corrected chi connectivity index (χ0v) is 19.7. The molecule has 1 aliphatic rings. The molecular formula is C26H31N3O5. The van der Waals surface area contributed by atoms with E-state index in [4.69, 9.17) is 9.47 Å². The Hall–Kier alpha value is -3.52. The van der Waals surface area contributed by atoms with Crippen LogP contribution in [-0.2, 0) is 0 Å². The molecule has 8 nitrogen and oxygen atoms in total. The van der Waals surface area contributed by atoms with Gasteiger partial charge in [-0.25, -0.2) is 0 Å². The maximum atomic E-state index is 13.3. The molecule has 0 bridgehead atoms. The van der Waals surface area contributed by atoms with Gasteiger partial charge in [0.1, 0.15) is 17.1 Å². The van der Waals surface area contributed by atoms with Crippen LogP contribution in [0.5, 0.6) is 17.2 Å². The third-order valence-electron chi connectivity index (χ3n) is 6.04. The highest BCUT2D eigenvalue weighted by Crippen LogP contribution is 2.45. The predicted molar refractivity (Wildman–Crippen MR) is 128 cm³/mol. The van der Waals surface area contributed by atoms with Crippen LogP contribution in [0.1, 0.15) is 54.3 Å². The summed E-state index contributed by atoms with van der Waals surface area (Å²) in [6, 6.07) is 12.1. The predicted octanol–water partition coefficient (Wildman–Crippen LogP) is 4.14. The van der Waals surface area contributed by atoms with Crippen molar-refractivity contribution < 1.29 is 24.5 Å². The van der Waals surface area contributed by atoms with Crippen molar-refractivity contribution in [2.24, 2.45) is 5.92 Å². The number of hydrogen-bond acceptors (Lipinski definition) is 6. The van der Waals surface area contributed by atoms with Gasteiger partial charge in [-0.05, 0) is 48.6 Å². The molecule has 0 aliphatic carbocycles. The lowest BCUT2D eigenvalue weighted by Gasteiger charge is -2.27. The van der Waals surface area contributed by atoms with Gasteiger partial charge in [0.2, 0.25) is 0 Å². The molecular weight excluding hydrogens is 434 g/mol. The number of para-hydroxylation sites is 1. The summed E-state index contributed by atoms with van der Waals surface area (Å²) in [6.45, 7) is 5.22. The topological polar surface area (TPSA) is 108 Å². The smallest absolute Gasteiger partial charge is 0.273 e. The number of fused-ring (bicyclic) bond motifs is 1. The number of aromatic hydroxyl groups is 1. The first-order valence-corrected chi connectivity index (χ1v) is 11.6. The summed E-state index contributed by atoms with van der Waals surface area (Å²) in [5.41, 5.74) is 2.98. The molecule has 4 rings (SSSR count). The molecule has 0 fully saturated rings.